The number of nitrogens with zero attached hydrogens (tertiary/aromatic N) is 2. The van der Waals surface area contributed by atoms with E-state index < -0.39 is 0 Å². The number of aromatic nitrogens is 2. The van der Waals surface area contributed by atoms with Gasteiger partial charge < -0.3 is 5.32 Å². The van der Waals surface area contributed by atoms with Gasteiger partial charge in [0.25, 0.3) is 0 Å². The van der Waals surface area contributed by atoms with Gasteiger partial charge in [0.05, 0.1) is 17.4 Å². The maximum absolute atomic E-state index is 5.72. The van der Waals surface area contributed by atoms with E-state index in [0.717, 1.165) is 6.54 Å². The molecule has 1 aromatic heterocycles. The van der Waals surface area contributed by atoms with Crippen LogP contribution >= 0.6 is 11.6 Å². The minimum absolute atomic E-state index is 0.573. The van der Waals surface area contributed by atoms with Crippen LogP contribution in [-0.4, -0.2) is 16.5 Å². The molecule has 0 saturated heterocycles. The lowest BCUT2D eigenvalue weighted by Gasteiger charge is -2.14. The summed E-state index contributed by atoms with van der Waals surface area (Å²) in [7, 11) is 0. The van der Waals surface area contributed by atoms with Crippen LogP contribution in [-0.2, 0) is 0 Å². The van der Waals surface area contributed by atoms with Crippen LogP contribution in [0.25, 0.3) is 0 Å². The van der Waals surface area contributed by atoms with E-state index in [0.29, 0.717) is 16.9 Å². The molecule has 0 saturated carbocycles. The zero-order valence-corrected chi connectivity index (χ0v) is 10.8. The topological polar surface area (TPSA) is 37.8 Å². The van der Waals surface area contributed by atoms with Crippen molar-refractivity contribution in [1.29, 1.82) is 0 Å². The van der Waals surface area contributed by atoms with Crippen LogP contribution in [0.15, 0.2) is 12.4 Å². The van der Waals surface area contributed by atoms with Gasteiger partial charge in [-0.25, -0.2) is 9.97 Å². The van der Waals surface area contributed by atoms with Gasteiger partial charge in [0.2, 0.25) is 5.95 Å². The Morgan fingerprint density at radius 2 is 2.00 bits per heavy atom. The second kappa shape index (κ2) is 7.44. The highest BCUT2D eigenvalue weighted by atomic mass is 35.5. The molecule has 16 heavy (non-hydrogen) atoms. The van der Waals surface area contributed by atoms with Gasteiger partial charge in [-0.1, -0.05) is 44.7 Å². The van der Waals surface area contributed by atoms with Crippen LogP contribution < -0.4 is 5.32 Å². The predicted octanol–water partition coefficient (Wildman–Crippen LogP) is 3.76. The third-order valence-electron chi connectivity index (χ3n) is 2.71. The summed E-state index contributed by atoms with van der Waals surface area (Å²) in [6, 6.07) is 0. The lowest BCUT2D eigenvalue weighted by Crippen LogP contribution is -2.15. The molecule has 1 rings (SSSR count). The summed E-state index contributed by atoms with van der Waals surface area (Å²) in [4.78, 5) is 8.22. The Morgan fingerprint density at radius 3 is 2.56 bits per heavy atom. The number of rotatable bonds is 7. The van der Waals surface area contributed by atoms with Crippen molar-refractivity contribution in [3.63, 3.8) is 0 Å². The number of halogens is 1. The molecule has 0 bridgehead atoms. The van der Waals surface area contributed by atoms with Gasteiger partial charge >= 0.3 is 0 Å². The fourth-order valence-electron chi connectivity index (χ4n) is 1.58. The average Bonchev–Trinajstić information content (AvgIpc) is 2.32. The first-order chi connectivity index (χ1) is 7.76. The van der Waals surface area contributed by atoms with Gasteiger partial charge in [0, 0.05) is 6.54 Å². The van der Waals surface area contributed by atoms with Crippen molar-refractivity contribution in [3.05, 3.63) is 17.4 Å². The molecule has 0 fully saturated rings. The summed E-state index contributed by atoms with van der Waals surface area (Å²) in [5.74, 6) is 1.37. The van der Waals surface area contributed by atoms with Crippen molar-refractivity contribution in [2.24, 2.45) is 5.92 Å². The first-order valence-electron chi connectivity index (χ1n) is 5.97. The van der Waals surface area contributed by atoms with Crippen molar-refractivity contribution < 1.29 is 0 Å². The fraction of sp³-hybridized carbons (Fsp3) is 0.667. The van der Waals surface area contributed by atoms with Crippen molar-refractivity contribution in [2.45, 2.75) is 39.5 Å². The van der Waals surface area contributed by atoms with Gasteiger partial charge in [0.15, 0.2) is 0 Å². The van der Waals surface area contributed by atoms with Crippen LogP contribution in [0.4, 0.5) is 5.95 Å². The third-order valence-corrected chi connectivity index (χ3v) is 2.91. The van der Waals surface area contributed by atoms with Crippen molar-refractivity contribution >= 4 is 17.5 Å². The highest BCUT2D eigenvalue weighted by molar-refractivity contribution is 6.30. The van der Waals surface area contributed by atoms with Crippen molar-refractivity contribution in [1.82, 2.24) is 9.97 Å². The molecule has 1 atom stereocenters. The molecule has 1 N–H and O–H groups in total. The Balaban J connectivity index is 2.34. The normalized spacial score (nSPS) is 12.4. The second-order valence-electron chi connectivity index (χ2n) is 4.02. The number of unbranched alkanes of at least 4 members (excludes halogenated alkanes) is 1. The molecule has 4 heteroatoms. The van der Waals surface area contributed by atoms with Crippen LogP contribution in [0.5, 0.6) is 0 Å². The summed E-state index contributed by atoms with van der Waals surface area (Å²) in [6.07, 6.45) is 8.25. The molecular weight excluding hydrogens is 222 g/mol. The first-order valence-corrected chi connectivity index (χ1v) is 6.35. The van der Waals surface area contributed by atoms with E-state index in [4.69, 9.17) is 11.6 Å². The largest absolute Gasteiger partial charge is 0.354 e. The Morgan fingerprint density at radius 1 is 1.31 bits per heavy atom. The van der Waals surface area contributed by atoms with Crippen LogP contribution in [0.3, 0.4) is 0 Å². The molecule has 0 aliphatic rings. The lowest BCUT2D eigenvalue weighted by atomic mass is 9.99. The minimum Gasteiger partial charge on any atom is -0.354 e. The smallest absolute Gasteiger partial charge is 0.222 e. The highest BCUT2D eigenvalue weighted by Crippen LogP contribution is 2.13. The van der Waals surface area contributed by atoms with Crippen LogP contribution in [0, 0.1) is 5.92 Å². The van der Waals surface area contributed by atoms with Gasteiger partial charge in [-0.3, -0.25) is 0 Å². The highest BCUT2D eigenvalue weighted by Gasteiger charge is 2.06. The van der Waals surface area contributed by atoms with Gasteiger partial charge in [-0.15, -0.1) is 0 Å². The Hall–Kier alpha value is -0.830. The lowest BCUT2D eigenvalue weighted by molar-refractivity contribution is 0.472. The van der Waals surface area contributed by atoms with Crippen molar-refractivity contribution in [2.75, 3.05) is 11.9 Å². The number of hydrogen-bond donors (Lipinski definition) is 1. The molecule has 1 heterocycles. The fourth-order valence-corrected chi connectivity index (χ4v) is 1.68. The van der Waals surface area contributed by atoms with E-state index in [1.54, 1.807) is 12.4 Å². The zero-order chi connectivity index (χ0) is 11.8. The molecule has 3 nitrogen and oxygen atoms in total. The molecule has 90 valence electrons. The second-order valence-corrected chi connectivity index (χ2v) is 4.46. The van der Waals surface area contributed by atoms with Crippen LogP contribution in [0.1, 0.15) is 39.5 Å². The summed E-state index contributed by atoms with van der Waals surface area (Å²) in [5.41, 5.74) is 0. The molecule has 1 unspecified atom stereocenters. The Labute approximate surface area is 103 Å². The minimum atomic E-state index is 0.573. The van der Waals surface area contributed by atoms with E-state index in [1.807, 2.05) is 0 Å². The third kappa shape index (κ3) is 4.79. The van der Waals surface area contributed by atoms with Crippen molar-refractivity contribution in [3.8, 4) is 0 Å². The standard InChI is InChI=1S/C12H20ClN3/c1-3-5-6-10(4-2)7-14-12-15-8-11(13)9-16-12/h8-10H,3-7H2,1-2H3,(H,14,15,16). The molecule has 0 amide bonds. The summed E-state index contributed by atoms with van der Waals surface area (Å²) < 4.78 is 0. The Bertz CT molecular complexity index is 287. The first kappa shape index (κ1) is 13.2. The number of anilines is 1. The summed E-state index contributed by atoms with van der Waals surface area (Å²) in [5, 5.41) is 3.82. The Kier molecular flexibility index (Phi) is 6.16. The molecule has 0 radical (unpaired) electrons. The molecule has 0 aromatic carbocycles. The quantitative estimate of drug-likeness (QED) is 0.790. The number of hydrogen-bond acceptors (Lipinski definition) is 3. The van der Waals surface area contributed by atoms with E-state index in [-0.39, 0.29) is 0 Å². The molecule has 0 aliphatic heterocycles. The molecule has 1 aromatic rings. The van der Waals surface area contributed by atoms with E-state index in [9.17, 15) is 0 Å². The van der Waals surface area contributed by atoms with Gasteiger partial charge in [0.1, 0.15) is 0 Å². The monoisotopic (exact) mass is 241 g/mol. The maximum Gasteiger partial charge on any atom is 0.222 e. The van der Waals surface area contributed by atoms with E-state index in [2.05, 4.69) is 29.1 Å². The molecule has 0 aliphatic carbocycles. The van der Waals surface area contributed by atoms with Gasteiger partial charge in [-0.2, -0.15) is 0 Å². The van der Waals surface area contributed by atoms with Gasteiger partial charge in [-0.05, 0) is 12.3 Å². The van der Waals surface area contributed by atoms with E-state index >= 15 is 0 Å². The molecular formula is C12H20ClN3. The SMILES string of the molecule is CCCCC(CC)CNc1ncc(Cl)cn1. The average molecular weight is 242 g/mol. The number of nitrogens with one attached hydrogen (secondary N) is 1. The summed E-state index contributed by atoms with van der Waals surface area (Å²) in [6.45, 7) is 5.39. The summed E-state index contributed by atoms with van der Waals surface area (Å²) >= 11 is 5.72. The maximum atomic E-state index is 5.72. The zero-order valence-electron chi connectivity index (χ0n) is 10.0. The molecule has 0 spiro atoms. The van der Waals surface area contributed by atoms with Crippen LogP contribution in [0.2, 0.25) is 5.02 Å². The van der Waals surface area contributed by atoms with E-state index in [1.165, 1.54) is 25.7 Å². The predicted molar refractivity (Wildman–Crippen MR) is 68.8 cm³/mol.